The smallest absolute Gasteiger partial charge is 0.0800 e. The van der Waals surface area contributed by atoms with Gasteiger partial charge < -0.3 is 5.11 Å². The van der Waals surface area contributed by atoms with E-state index in [-0.39, 0.29) is 6.10 Å². The summed E-state index contributed by atoms with van der Waals surface area (Å²) in [6, 6.07) is 8.43. The number of benzene rings is 1. The molecule has 1 aromatic rings. The molecule has 0 spiro atoms. The van der Waals surface area contributed by atoms with E-state index in [1.165, 1.54) is 30.4 Å². The average Bonchev–Trinajstić information content (AvgIpc) is 2.24. The third-order valence-corrected chi connectivity index (χ3v) is 4.14. The maximum atomic E-state index is 10.2. The normalized spacial score (nSPS) is 18.1. The van der Waals surface area contributed by atoms with Gasteiger partial charge in [-0.1, -0.05) is 30.7 Å². The van der Waals surface area contributed by atoms with Gasteiger partial charge in [-0.25, -0.2) is 0 Å². The third-order valence-electron chi connectivity index (χ3n) is 3.50. The van der Waals surface area contributed by atoms with E-state index < -0.39 is 0 Å². The van der Waals surface area contributed by atoms with Crippen molar-refractivity contribution in [2.45, 2.75) is 37.7 Å². The van der Waals surface area contributed by atoms with Crippen LogP contribution in [0.25, 0.3) is 0 Å². The molecule has 1 N–H and O–H groups in total. The highest BCUT2D eigenvalue weighted by Gasteiger charge is 2.23. The van der Waals surface area contributed by atoms with Crippen LogP contribution in [0.3, 0.4) is 0 Å². The molecule has 0 bridgehead atoms. The van der Waals surface area contributed by atoms with Gasteiger partial charge in [0.15, 0.2) is 0 Å². The van der Waals surface area contributed by atoms with Gasteiger partial charge in [-0.05, 0) is 48.3 Å². The molecule has 0 saturated heterocycles. The molecule has 1 aliphatic rings. The van der Waals surface area contributed by atoms with Gasteiger partial charge in [0.2, 0.25) is 0 Å². The van der Waals surface area contributed by atoms with Crippen LogP contribution in [0.15, 0.2) is 24.3 Å². The highest BCUT2D eigenvalue weighted by molar-refractivity contribution is 7.98. The molecule has 1 nitrogen and oxygen atoms in total. The van der Waals surface area contributed by atoms with Gasteiger partial charge in [0.05, 0.1) is 6.10 Å². The molecule has 1 aliphatic carbocycles. The molecule has 1 fully saturated rings. The molecule has 1 unspecified atom stereocenters. The predicted octanol–water partition coefficient (Wildman–Crippen LogP) is 3.74. The third kappa shape index (κ3) is 2.61. The lowest BCUT2D eigenvalue weighted by Gasteiger charge is -2.29. The standard InChI is InChI=1S/C14H20OS/c1-16-10-9-14(15)13-8-3-2-7-12(13)11-5-4-6-11/h2-3,7-8,11,14-15H,4-6,9-10H2,1H3. The van der Waals surface area contributed by atoms with Crippen LogP contribution in [0.4, 0.5) is 0 Å². The van der Waals surface area contributed by atoms with Crippen molar-refractivity contribution >= 4 is 11.8 Å². The molecule has 0 aromatic heterocycles. The number of thioether (sulfide) groups is 1. The van der Waals surface area contributed by atoms with Crippen molar-refractivity contribution in [2.75, 3.05) is 12.0 Å². The van der Waals surface area contributed by atoms with Crippen LogP contribution < -0.4 is 0 Å². The monoisotopic (exact) mass is 236 g/mol. The van der Waals surface area contributed by atoms with Crippen LogP contribution >= 0.6 is 11.8 Å². The molecule has 0 heterocycles. The first-order valence-corrected chi connectivity index (χ1v) is 7.48. The van der Waals surface area contributed by atoms with Crippen LogP contribution in [0.2, 0.25) is 0 Å². The molecule has 0 radical (unpaired) electrons. The summed E-state index contributed by atoms with van der Waals surface area (Å²) in [5, 5.41) is 10.2. The number of hydrogen-bond acceptors (Lipinski definition) is 2. The average molecular weight is 236 g/mol. The molecule has 0 aliphatic heterocycles. The van der Waals surface area contributed by atoms with E-state index in [1.54, 1.807) is 11.8 Å². The molecule has 0 amide bonds. The maximum Gasteiger partial charge on any atom is 0.0800 e. The summed E-state index contributed by atoms with van der Waals surface area (Å²) in [7, 11) is 0. The maximum absolute atomic E-state index is 10.2. The zero-order valence-electron chi connectivity index (χ0n) is 9.86. The Morgan fingerprint density at radius 3 is 2.75 bits per heavy atom. The van der Waals surface area contributed by atoms with Crippen molar-refractivity contribution in [3.05, 3.63) is 35.4 Å². The minimum atomic E-state index is -0.274. The van der Waals surface area contributed by atoms with Crippen molar-refractivity contribution in [1.29, 1.82) is 0 Å². The molecule has 1 atom stereocenters. The van der Waals surface area contributed by atoms with Gasteiger partial charge in [-0.3, -0.25) is 0 Å². The molecule has 16 heavy (non-hydrogen) atoms. The minimum absolute atomic E-state index is 0.274. The lowest BCUT2D eigenvalue weighted by atomic mass is 9.77. The lowest BCUT2D eigenvalue weighted by molar-refractivity contribution is 0.172. The summed E-state index contributed by atoms with van der Waals surface area (Å²) < 4.78 is 0. The van der Waals surface area contributed by atoms with Crippen molar-refractivity contribution < 1.29 is 5.11 Å². The summed E-state index contributed by atoms with van der Waals surface area (Å²) in [4.78, 5) is 0. The molecule has 2 rings (SSSR count). The van der Waals surface area contributed by atoms with Gasteiger partial charge in [0, 0.05) is 0 Å². The summed E-state index contributed by atoms with van der Waals surface area (Å²) in [5.41, 5.74) is 2.56. The quantitative estimate of drug-likeness (QED) is 0.840. The van der Waals surface area contributed by atoms with Gasteiger partial charge >= 0.3 is 0 Å². The van der Waals surface area contributed by atoms with Gasteiger partial charge in [0.1, 0.15) is 0 Å². The Morgan fingerprint density at radius 1 is 1.38 bits per heavy atom. The fraction of sp³-hybridized carbons (Fsp3) is 0.571. The van der Waals surface area contributed by atoms with Crippen LogP contribution in [0.1, 0.15) is 48.8 Å². The summed E-state index contributed by atoms with van der Waals surface area (Å²) in [6.45, 7) is 0. The zero-order valence-corrected chi connectivity index (χ0v) is 10.7. The van der Waals surface area contributed by atoms with Crippen molar-refractivity contribution in [3.63, 3.8) is 0 Å². The van der Waals surface area contributed by atoms with E-state index in [0.717, 1.165) is 12.2 Å². The van der Waals surface area contributed by atoms with E-state index in [4.69, 9.17) is 0 Å². The van der Waals surface area contributed by atoms with Crippen LogP contribution in [-0.2, 0) is 0 Å². The van der Waals surface area contributed by atoms with E-state index in [2.05, 4.69) is 24.5 Å². The van der Waals surface area contributed by atoms with Gasteiger partial charge in [-0.2, -0.15) is 11.8 Å². The highest BCUT2D eigenvalue weighted by Crippen LogP contribution is 2.39. The number of rotatable bonds is 5. The Morgan fingerprint density at radius 2 is 2.12 bits per heavy atom. The first-order chi connectivity index (χ1) is 7.83. The topological polar surface area (TPSA) is 20.2 Å². The Labute approximate surface area is 102 Å². The second kappa shape index (κ2) is 5.74. The Bertz CT molecular complexity index is 333. The minimum Gasteiger partial charge on any atom is -0.388 e. The Hall–Kier alpha value is -0.470. The van der Waals surface area contributed by atoms with Crippen LogP contribution in [0.5, 0.6) is 0 Å². The van der Waals surface area contributed by atoms with E-state index in [1.807, 2.05) is 6.07 Å². The molecule has 88 valence electrons. The molecule has 2 heteroatoms. The number of hydrogen-bond donors (Lipinski definition) is 1. The van der Waals surface area contributed by atoms with Gasteiger partial charge in [-0.15, -0.1) is 0 Å². The highest BCUT2D eigenvalue weighted by atomic mass is 32.2. The second-order valence-corrected chi connectivity index (χ2v) is 5.54. The zero-order chi connectivity index (χ0) is 11.4. The summed E-state index contributed by atoms with van der Waals surface area (Å²) >= 11 is 1.80. The Balaban J connectivity index is 2.11. The summed E-state index contributed by atoms with van der Waals surface area (Å²) in [5.74, 6) is 1.74. The van der Waals surface area contributed by atoms with Crippen LogP contribution in [-0.4, -0.2) is 17.1 Å². The molecule has 1 saturated carbocycles. The van der Waals surface area contributed by atoms with E-state index in [9.17, 15) is 5.11 Å². The fourth-order valence-electron chi connectivity index (χ4n) is 2.29. The number of aliphatic hydroxyl groups is 1. The van der Waals surface area contributed by atoms with Crippen LogP contribution in [0, 0.1) is 0 Å². The van der Waals surface area contributed by atoms with Gasteiger partial charge in [0.25, 0.3) is 0 Å². The van der Waals surface area contributed by atoms with Crippen molar-refractivity contribution in [1.82, 2.24) is 0 Å². The Kier molecular flexibility index (Phi) is 4.30. The SMILES string of the molecule is CSCCC(O)c1ccccc1C1CCC1. The van der Waals surface area contributed by atoms with Crippen molar-refractivity contribution in [2.24, 2.45) is 0 Å². The largest absolute Gasteiger partial charge is 0.388 e. The first-order valence-electron chi connectivity index (χ1n) is 6.08. The first kappa shape index (κ1) is 12.0. The molecular weight excluding hydrogens is 216 g/mol. The lowest BCUT2D eigenvalue weighted by Crippen LogP contribution is -2.13. The predicted molar refractivity (Wildman–Crippen MR) is 71.0 cm³/mol. The number of aliphatic hydroxyl groups excluding tert-OH is 1. The molecule has 1 aromatic carbocycles. The van der Waals surface area contributed by atoms with E-state index in [0.29, 0.717) is 5.92 Å². The summed E-state index contributed by atoms with van der Waals surface area (Å²) in [6.07, 6.45) is 6.62. The van der Waals surface area contributed by atoms with Crippen molar-refractivity contribution in [3.8, 4) is 0 Å². The molecular formula is C14H20OS. The fourth-order valence-corrected chi connectivity index (χ4v) is 2.75. The second-order valence-electron chi connectivity index (χ2n) is 4.55. The van der Waals surface area contributed by atoms with E-state index >= 15 is 0 Å².